The molecule has 3 nitrogen and oxygen atoms in total. The topological polar surface area (TPSA) is 35.5 Å². The van der Waals surface area contributed by atoms with Crippen LogP contribution >= 0.6 is 7.60 Å². The first kappa shape index (κ1) is 26.2. The Kier molecular flexibility index (Phi) is 7.04. The third kappa shape index (κ3) is 4.16. The Hall–Kier alpha value is -0.760. The molecule has 0 rings (SSSR count). The van der Waals surface area contributed by atoms with E-state index in [-0.39, 0.29) is 0 Å². The average Bonchev–Trinajstić information content (AvgIpc) is 2.50. The number of hydrogen-bond donors (Lipinski definition) is 0. The number of hydrogen-bond acceptors (Lipinski definition) is 3. The van der Waals surface area contributed by atoms with E-state index >= 15 is 0 Å². The standard InChI is InChI=1S/C10H10F13O3P/c1-25-27(24,26-2)4-3-5(11,12)6(13,14)7(15,16)8(17,18)9(19,20)10(21,22)23/h3-4H2,1-2H3. The molecule has 0 aliphatic rings. The molecule has 0 aromatic rings. The van der Waals surface area contributed by atoms with Gasteiger partial charge in [0.2, 0.25) is 0 Å². The van der Waals surface area contributed by atoms with Crippen LogP contribution in [0.1, 0.15) is 6.42 Å². The lowest BCUT2D eigenvalue weighted by molar-refractivity contribution is -0.439. The summed E-state index contributed by atoms with van der Waals surface area (Å²) in [6.07, 6.45) is -11.9. The third-order valence-corrected chi connectivity index (χ3v) is 5.14. The van der Waals surface area contributed by atoms with Crippen molar-refractivity contribution in [2.24, 2.45) is 0 Å². The summed E-state index contributed by atoms with van der Waals surface area (Å²) in [5.41, 5.74) is 0. The lowest BCUT2D eigenvalue weighted by Gasteiger charge is -2.39. The summed E-state index contributed by atoms with van der Waals surface area (Å²) in [7, 11) is -3.48. The zero-order valence-electron chi connectivity index (χ0n) is 13.0. The summed E-state index contributed by atoms with van der Waals surface area (Å²) < 4.78 is 186. The van der Waals surface area contributed by atoms with Crippen LogP contribution in [-0.2, 0) is 13.6 Å². The maximum absolute atomic E-state index is 13.4. The molecular weight excluding hydrogens is 446 g/mol. The van der Waals surface area contributed by atoms with E-state index in [9.17, 15) is 61.6 Å². The van der Waals surface area contributed by atoms with Crippen molar-refractivity contribution in [3.63, 3.8) is 0 Å². The van der Waals surface area contributed by atoms with E-state index in [1.54, 1.807) is 0 Å². The highest BCUT2D eigenvalue weighted by atomic mass is 31.2. The van der Waals surface area contributed by atoms with Crippen LogP contribution in [0.15, 0.2) is 0 Å². The van der Waals surface area contributed by atoms with Gasteiger partial charge in [-0.2, -0.15) is 57.1 Å². The Morgan fingerprint density at radius 1 is 0.630 bits per heavy atom. The van der Waals surface area contributed by atoms with E-state index in [0.29, 0.717) is 14.2 Å². The van der Waals surface area contributed by atoms with Gasteiger partial charge in [-0.1, -0.05) is 0 Å². The van der Waals surface area contributed by atoms with E-state index in [4.69, 9.17) is 0 Å². The van der Waals surface area contributed by atoms with Gasteiger partial charge in [0.15, 0.2) is 0 Å². The fourth-order valence-electron chi connectivity index (χ4n) is 1.49. The van der Waals surface area contributed by atoms with Gasteiger partial charge >= 0.3 is 43.4 Å². The van der Waals surface area contributed by atoms with Crippen molar-refractivity contribution in [1.82, 2.24) is 0 Å². The predicted molar refractivity (Wildman–Crippen MR) is 61.9 cm³/mol. The van der Waals surface area contributed by atoms with Crippen LogP contribution in [0.2, 0.25) is 0 Å². The lowest BCUT2D eigenvalue weighted by Crippen LogP contribution is -2.70. The maximum Gasteiger partial charge on any atom is 0.460 e. The molecule has 0 aliphatic carbocycles. The van der Waals surface area contributed by atoms with Crippen LogP contribution in [0, 0.1) is 0 Å². The van der Waals surface area contributed by atoms with Gasteiger partial charge in [-0.05, 0) is 0 Å². The van der Waals surface area contributed by atoms with E-state index in [1.165, 1.54) is 0 Å². The predicted octanol–water partition coefficient (Wildman–Crippen LogP) is 5.60. The molecule has 0 bridgehead atoms. The normalized spacial score (nSPS) is 16.0. The van der Waals surface area contributed by atoms with E-state index < -0.39 is 56.0 Å². The fraction of sp³-hybridized carbons (Fsp3) is 1.00. The molecule has 0 saturated heterocycles. The molecule has 0 unspecified atom stereocenters. The molecule has 164 valence electrons. The van der Waals surface area contributed by atoms with Crippen molar-refractivity contribution in [2.45, 2.75) is 42.2 Å². The molecule has 0 amide bonds. The largest absolute Gasteiger partial charge is 0.460 e. The van der Waals surface area contributed by atoms with E-state index in [1.807, 2.05) is 0 Å². The summed E-state index contributed by atoms with van der Waals surface area (Å²) in [5.74, 6) is -37.3. The van der Waals surface area contributed by atoms with Gasteiger partial charge in [0.25, 0.3) is 0 Å². The second kappa shape index (κ2) is 7.25. The SMILES string of the molecule is COP(=O)(CCC(F)(F)C(F)(F)C(F)(F)C(F)(F)C(F)(F)C(F)(F)F)OC. The molecule has 0 aromatic heterocycles. The Balaban J connectivity index is 6.05. The molecule has 17 heteroatoms. The summed E-state index contributed by atoms with van der Waals surface area (Å²) >= 11 is 0. The molecule has 0 spiro atoms. The maximum atomic E-state index is 13.4. The molecule has 0 atom stereocenters. The monoisotopic (exact) mass is 456 g/mol. The molecule has 0 aromatic carbocycles. The number of rotatable bonds is 9. The van der Waals surface area contributed by atoms with Crippen LogP contribution in [0.4, 0.5) is 57.1 Å². The minimum atomic E-state index is -7.96. The van der Waals surface area contributed by atoms with E-state index in [2.05, 4.69) is 9.05 Å². The highest BCUT2D eigenvalue weighted by molar-refractivity contribution is 7.53. The van der Waals surface area contributed by atoms with Gasteiger partial charge in [0.1, 0.15) is 0 Å². The number of halogens is 13. The highest BCUT2D eigenvalue weighted by Gasteiger charge is 2.90. The summed E-state index contributed by atoms with van der Waals surface area (Å²) in [5, 5.41) is 0. The first-order chi connectivity index (χ1) is 11.6. The lowest BCUT2D eigenvalue weighted by atomic mass is 9.93. The minimum Gasteiger partial charge on any atom is -0.312 e. The molecule has 0 N–H and O–H groups in total. The fourth-order valence-corrected chi connectivity index (χ4v) is 2.56. The van der Waals surface area contributed by atoms with Gasteiger partial charge < -0.3 is 9.05 Å². The molecule has 0 radical (unpaired) electrons. The van der Waals surface area contributed by atoms with Crippen molar-refractivity contribution in [3.8, 4) is 0 Å². The zero-order valence-corrected chi connectivity index (χ0v) is 13.9. The summed E-state index contributed by atoms with van der Waals surface area (Å²) in [4.78, 5) is 0. The molecule has 27 heavy (non-hydrogen) atoms. The first-order valence-corrected chi connectivity index (χ1v) is 7.97. The van der Waals surface area contributed by atoms with Gasteiger partial charge in [0, 0.05) is 20.6 Å². The molecular formula is C10H10F13O3P. The Morgan fingerprint density at radius 2 is 0.963 bits per heavy atom. The van der Waals surface area contributed by atoms with Crippen molar-refractivity contribution >= 4 is 7.60 Å². The smallest absolute Gasteiger partial charge is 0.312 e. The summed E-state index contributed by atoms with van der Waals surface area (Å²) in [6.45, 7) is 0. The first-order valence-electron chi connectivity index (χ1n) is 6.24. The van der Waals surface area contributed by atoms with Crippen LogP contribution in [-0.4, -0.2) is 56.2 Å². The highest BCUT2D eigenvalue weighted by Crippen LogP contribution is 2.61. The molecule has 0 fully saturated rings. The van der Waals surface area contributed by atoms with Crippen LogP contribution < -0.4 is 0 Å². The third-order valence-electron chi connectivity index (χ3n) is 3.25. The van der Waals surface area contributed by atoms with Crippen LogP contribution in [0.3, 0.4) is 0 Å². The quantitative estimate of drug-likeness (QED) is 0.335. The van der Waals surface area contributed by atoms with Crippen molar-refractivity contribution < 1.29 is 70.7 Å². The van der Waals surface area contributed by atoms with Gasteiger partial charge in [-0.3, -0.25) is 4.57 Å². The number of alkyl halides is 13. The minimum absolute atomic E-state index is 0.549. The van der Waals surface area contributed by atoms with Gasteiger partial charge in [-0.25, -0.2) is 0 Å². The average molecular weight is 456 g/mol. The zero-order chi connectivity index (χ0) is 22.3. The molecule has 0 heterocycles. The second-order valence-electron chi connectivity index (χ2n) is 4.95. The Bertz CT molecular complexity index is 563. The van der Waals surface area contributed by atoms with Crippen LogP contribution in [0.25, 0.3) is 0 Å². The van der Waals surface area contributed by atoms with Gasteiger partial charge in [0.05, 0.1) is 6.16 Å². The Labute approximate surface area is 142 Å². The van der Waals surface area contributed by atoms with Crippen molar-refractivity contribution in [3.05, 3.63) is 0 Å². The van der Waals surface area contributed by atoms with Crippen LogP contribution in [0.5, 0.6) is 0 Å². The Morgan fingerprint density at radius 3 is 1.26 bits per heavy atom. The second-order valence-corrected chi connectivity index (χ2v) is 7.35. The summed E-state index contributed by atoms with van der Waals surface area (Å²) in [6, 6.07) is 0. The molecule has 0 saturated carbocycles. The van der Waals surface area contributed by atoms with Gasteiger partial charge in [-0.15, -0.1) is 0 Å². The molecule has 0 aliphatic heterocycles. The van der Waals surface area contributed by atoms with Crippen molar-refractivity contribution in [2.75, 3.05) is 20.4 Å². The van der Waals surface area contributed by atoms with Crippen molar-refractivity contribution in [1.29, 1.82) is 0 Å². The van der Waals surface area contributed by atoms with E-state index in [0.717, 1.165) is 0 Å².